The number of halogens is 3. The molecule has 1 rings (SSSR count). The van der Waals surface area contributed by atoms with Crippen molar-refractivity contribution >= 4 is 98.2 Å². The van der Waals surface area contributed by atoms with E-state index in [1.54, 1.807) is 0 Å². The number of ether oxygens (including phenoxy) is 1. The molecule has 1 aromatic carbocycles. The zero-order valence-electron chi connectivity index (χ0n) is 13.7. The minimum Gasteiger partial charge on any atom is -0.466 e. The van der Waals surface area contributed by atoms with E-state index in [9.17, 15) is 19.2 Å². The van der Waals surface area contributed by atoms with Crippen LogP contribution in [0.4, 0.5) is 5.69 Å². The van der Waals surface area contributed by atoms with Crippen LogP contribution in [0.15, 0.2) is 0 Å². The summed E-state index contributed by atoms with van der Waals surface area (Å²) in [6.07, 6.45) is 1.27. The van der Waals surface area contributed by atoms with Gasteiger partial charge in [0.05, 0.1) is 30.5 Å². The van der Waals surface area contributed by atoms with Crippen LogP contribution in [-0.2, 0) is 14.3 Å². The summed E-state index contributed by atoms with van der Waals surface area (Å²) < 4.78 is 6.10. The maximum atomic E-state index is 12.6. The van der Waals surface area contributed by atoms with Crippen LogP contribution < -0.4 is 16.0 Å². The Labute approximate surface area is 191 Å². The maximum Gasteiger partial charge on any atom is 0.293 e. The lowest BCUT2D eigenvalue weighted by molar-refractivity contribution is -0.128. The Balaban J connectivity index is 3.37. The lowest BCUT2D eigenvalue weighted by atomic mass is 10.1. The zero-order chi connectivity index (χ0) is 19.7. The van der Waals surface area contributed by atoms with E-state index in [1.165, 1.54) is 0 Å². The number of nitrogens with one attached hydrogen (secondary N) is 3. The van der Waals surface area contributed by atoms with Crippen LogP contribution in [0.2, 0.25) is 0 Å². The van der Waals surface area contributed by atoms with Crippen molar-refractivity contribution in [2.45, 2.75) is 13.3 Å². The van der Waals surface area contributed by atoms with Gasteiger partial charge in [-0.05, 0) is 74.2 Å². The van der Waals surface area contributed by atoms with Gasteiger partial charge in [0.1, 0.15) is 6.61 Å². The quantitative estimate of drug-likeness (QED) is 0.197. The smallest absolute Gasteiger partial charge is 0.293 e. The second kappa shape index (κ2) is 11.9. The first-order valence-electron chi connectivity index (χ1n) is 7.42. The van der Waals surface area contributed by atoms with Gasteiger partial charge in [-0.15, -0.1) is 0 Å². The molecule has 0 aliphatic rings. The molecule has 0 atom stereocenters. The highest BCUT2D eigenvalue weighted by molar-refractivity contribution is 14.1. The molecule has 0 unspecified atom stereocenters. The number of hydrogen-bond acceptors (Lipinski definition) is 5. The van der Waals surface area contributed by atoms with Crippen LogP contribution in [0.1, 0.15) is 34.1 Å². The van der Waals surface area contributed by atoms with Gasteiger partial charge >= 0.3 is 0 Å². The van der Waals surface area contributed by atoms with Crippen molar-refractivity contribution in [1.82, 2.24) is 10.6 Å². The fraction of sp³-hybridized carbons (Fsp3) is 0.333. The molecule has 0 fully saturated rings. The van der Waals surface area contributed by atoms with Gasteiger partial charge in [-0.1, -0.05) is 6.92 Å². The number of rotatable bonds is 10. The van der Waals surface area contributed by atoms with E-state index >= 15 is 0 Å². The lowest BCUT2D eigenvalue weighted by Crippen LogP contribution is -2.31. The molecular weight excluding hydrogens is 683 g/mol. The van der Waals surface area contributed by atoms with Crippen molar-refractivity contribution in [1.29, 1.82) is 0 Å². The van der Waals surface area contributed by atoms with Crippen LogP contribution in [-0.4, -0.2) is 44.4 Å². The Hall–Kier alpha value is -0.710. The Kier molecular flexibility index (Phi) is 10.7. The normalized spacial score (nSPS) is 10.0. The highest BCUT2D eigenvalue weighted by atomic mass is 127. The topological polar surface area (TPSA) is 114 Å². The summed E-state index contributed by atoms with van der Waals surface area (Å²) in [5.74, 6) is -0.743. The van der Waals surface area contributed by atoms with Crippen molar-refractivity contribution in [3.63, 3.8) is 0 Å². The first kappa shape index (κ1) is 23.3. The Morgan fingerprint density at radius 2 is 1.50 bits per heavy atom. The van der Waals surface area contributed by atoms with E-state index in [-0.39, 0.29) is 24.6 Å². The summed E-state index contributed by atoms with van der Waals surface area (Å²) in [5.41, 5.74) is 1.01. The van der Waals surface area contributed by atoms with E-state index < -0.39 is 5.91 Å². The van der Waals surface area contributed by atoms with Crippen molar-refractivity contribution in [3.8, 4) is 0 Å². The highest BCUT2D eigenvalue weighted by Crippen LogP contribution is 2.35. The molecule has 8 nitrogen and oxygen atoms in total. The standard InChI is InChI=1S/C15H16I3N3O5/c1-2-3-19-14(24)8-10(16)9(15(25)20-4-5-26-7-23)12(18)13(11(8)17)21-6-22/h6-7H,2-5H2,1H3,(H,19,24)(H,20,25)(H,21,22). The van der Waals surface area contributed by atoms with Crippen LogP contribution in [0.25, 0.3) is 0 Å². The molecule has 0 saturated heterocycles. The van der Waals surface area contributed by atoms with Gasteiger partial charge in [-0.25, -0.2) is 0 Å². The van der Waals surface area contributed by atoms with Gasteiger partial charge in [0.25, 0.3) is 18.3 Å². The molecule has 1 aromatic rings. The van der Waals surface area contributed by atoms with E-state index in [4.69, 9.17) is 0 Å². The van der Waals surface area contributed by atoms with E-state index in [2.05, 4.69) is 20.7 Å². The van der Waals surface area contributed by atoms with E-state index in [1.807, 2.05) is 74.7 Å². The van der Waals surface area contributed by atoms with Crippen LogP contribution in [0.3, 0.4) is 0 Å². The van der Waals surface area contributed by atoms with Gasteiger partial charge in [-0.3, -0.25) is 19.2 Å². The molecule has 0 spiro atoms. The second-order valence-corrected chi connectivity index (χ2v) is 8.04. The fourth-order valence-electron chi connectivity index (χ4n) is 1.94. The average Bonchev–Trinajstić information content (AvgIpc) is 2.60. The molecule has 0 radical (unpaired) electrons. The third-order valence-electron chi connectivity index (χ3n) is 3.08. The summed E-state index contributed by atoms with van der Waals surface area (Å²) in [4.78, 5) is 46.3. The van der Waals surface area contributed by atoms with Crippen molar-refractivity contribution in [2.75, 3.05) is 25.0 Å². The minimum absolute atomic E-state index is 0.0378. The largest absolute Gasteiger partial charge is 0.466 e. The molecule has 3 amide bonds. The van der Waals surface area contributed by atoms with Gasteiger partial charge in [-0.2, -0.15) is 0 Å². The molecule has 142 valence electrons. The van der Waals surface area contributed by atoms with Crippen LogP contribution >= 0.6 is 67.8 Å². The SMILES string of the molecule is CCCNC(=O)c1c(I)c(NC=O)c(I)c(C(=O)NCCOC=O)c1I. The molecule has 0 heterocycles. The number of amides is 3. The van der Waals surface area contributed by atoms with Gasteiger partial charge in [0.15, 0.2) is 0 Å². The number of carbonyl (C=O) groups excluding carboxylic acids is 4. The predicted octanol–water partition coefficient (Wildman–Crippen LogP) is 2.11. The monoisotopic (exact) mass is 699 g/mol. The number of anilines is 1. The third kappa shape index (κ3) is 5.90. The zero-order valence-corrected chi connectivity index (χ0v) is 20.1. The number of carbonyl (C=O) groups is 4. The molecule has 0 aliphatic carbocycles. The minimum atomic E-state index is -0.428. The van der Waals surface area contributed by atoms with Gasteiger partial charge in [0.2, 0.25) is 6.41 Å². The van der Waals surface area contributed by atoms with Crippen molar-refractivity contribution in [3.05, 3.63) is 21.8 Å². The van der Waals surface area contributed by atoms with Crippen molar-refractivity contribution < 1.29 is 23.9 Å². The average molecular weight is 699 g/mol. The third-order valence-corrected chi connectivity index (χ3v) is 6.32. The van der Waals surface area contributed by atoms with E-state index in [0.717, 1.165) is 6.42 Å². The highest BCUT2D eigenvalue weighted by Gasteiger charge is 2.27. The Morgan fingerprint density at radius 1 is 0.962 bits per heavy atom. The summed E-state index contributed by atoms with van der Waals surface area (Å²) in [6.45, 7) is 2.90. The van der Waals surface area contributed by atoms with Crippen LogP contribution in [0.5, 0.6) is 0 Å². The molecule has 0 aliphatic heterocycles. The second-order valence-electron chi connectivity index (χ2n) is 4.81. The van der Waals surface area contributed by atoms with Crippen LogP contribution in [0, 0.1) is 10.7 Å². The Bertz CT molecular complexity index is 713. The fourth-order valence-corrected chi connectivity index (χ4v) is 6.39. The molecule has 26 heavy (non-hydrogen) atoms. The molecule has 0 bridgehead atoms. The summed E-state index contributed by atoms with van der Waals surface area (Å²) >= 11 is 5.89. The first-order chi connectivity index (χ1) is 12.4. The summed E-state index contributed by atoms with van der Waals surface area (Å²) in [5, 5.41) is 7.98. The summed E-state index contributed by atoms with van der Waals surface area (Å²) in [7, 11) is 0. The summed E-state index contributed by atoms with van der Waals surface area (Å²) in [6, 6.07) is 0. The molecular formula is C15H16I3N3O5. The number of benzene rings is 1. The lowest BCUT2D eigenvalue weighted by Gasteiger charge is -2.18. The Morgan fingerprint density at radius 3 is 1.96 bits per heavy atom. The number of hydrogen-bond donors (Lipinski definition) is 3. The molecule has 11 heteroatoms. The van der Waals surface area contributed by atoms with Gasteiger partial charge in [0, 0.05) is 10.1 Å². The predicted molar refractivity (Wildman–Crippen MR) is 121 cm³/mol. The maximum absolute atomic E-state index is 12.6. The molecule has 0 saturated carbocycles. The molecule has 3 N–H and O–H groups in total. The van der Waals surface area contributed by atoms with Gasteiger partial charge < -0.3 is 20.7 Å². The van der Waals surface area contributed by atoms with E-state index in [0.29, 0.717) is 41.4 Å². The van der Waals surface area contributed by atoms with Crippen molar-refractivity contribution in [2.24, 2.45) is 0 Å². The molecule has 0 aromatic heterocycles. The first-order valence-corrected chi connectivity index (χ1v) is 10.7.